The molecule has 2 rings (SSSR count). The fourth-order valence-electron chi connectivity index (χ4n) is 2.67. The van der Waals surface area contributed by atoms with E-state index in [9.17, 15) is 0 Å². The van der Waals surface area contributed by atoms with E-state index in [4.69, 9.17) is 11.6 Å². The van der Waals surface area contributed by atoms with Crippen molar-refractivity contribution in [3.8, 4) is 0 Å². The van der Waals surface area contributed by atoms with E-state index in [0.29, 0.717) is 17.1 Å². The molecule has 3 nitrogen and oxygen atoms in total. The molecule has 3 unspecified atom stereocenters. The summed E-state index contributed by atoms with van der Waals surface area (Å²) in [7, 11) is 0. The third-order valence-corrected chi connectivity index (χ3v) is 4.85. The van der Waals surface area contributed by atoms with Gasteiger partial charge in [0.2, 0.25) is 0 Å². The number of nitrogens with one attached hydrogen (secondary N) is 1. The van der Waals surface area contributed by atoms with Crippen LogP contribution in [0.15, 0.2) is 0 Å². The Balaban J connectivity index is 2.16. The van der Waals surface area contributed by atoms with Crippen molar-refractivity contribution in [1.29, 1.82) is 0 Å². The summed E-state index contributed by atoms with van der Waals surface area (Å²) in [5.41, 5.74) is 2.13. The lowest BCUT2D eigenvalue weighted by atomic mass is 9.78. The van der Waals surface area contributed by atoms with Gasteiger partial charge in [-0.05, 0) is 43.2 Å². The highest BCUT2D eigenvalue weighted by Crippen LogP contribution is 2.32. The van der Waals surface area contributed by atoms with E-state index < -0.39 is 0 Å². The fraction of sp³-hybridized carbons (Fsp3) is 0.714. The van der Waals surface area contributed by atoms with Gasteiger partial charge < -0.3 is 5.32 Å². The van der Waals surface area contributed by atoms with Crippen LogP contribution in [0.2, 0.25) is 5.15 Å². The van der Waals surface area contributed by atoms with Gasteiger partial charge >= 0.3 is 0 Å². The monoisotopic (exact) mass is 267 g/mol. The van der Waals surface area contributed by atoms with Crippen LogP contribution in [0.25, 0.3) is 0 Å². The predicted molar refractivity (Wildman–Crippen MR) is 76.1 cm³/mol. The molecule has 1 saturated carbocycles. The fourth-order valence-corrected chi connectivity index (χ4v) is 2.85. The van der Waals surface area contributed by atoms with Gasteiger partial charge in [0, 0.05) is 6.04 Å². The molecule has 1 fully saturated rings. The van der Waals surface area contributed by atoms with Crippen LogP contribution in [-0.2, 0) is 0 Å². The van der Waals surface area contributed by atoms with Crippen LogP contribution in [0.5, 0.6) is 0 Å². The maximum Gasteiger partial charge on any atom is 0.155 e. The summed E-state index contributed by atoms with van der Waals surface area (Å²) in [5, 5.41) is 12.3. The minimum absolute atomic E-state index is 0.502. The molecule has 1 aliphatic carbocycles. The SMILES string of the molecule is Cc1c(Cl)nnc(NC2CCCC(C)C2C)c1C. The van der Waals surface area contributed by atoms with Crippen LogP contribution >= 0.6 is 11.6 Å². The number of aromatic nitrogens is 2. The summed E-state index contributed by atoms with van der Waals surface area (Å²) < 4.78 is 0. The van der Waals surface area contributed by atoms with E-state index in [0.717, 1.165) is 22.9 Å². The quantitative estimate of drug-likeness (QED) is 0.881. The molecule has 1 aromatic heterocycles. The van der Waals surface area contributed by atoms with Crippen molar-refractivity contribution in [1.82, 2.24) is 10.2 Å². The van der Waals surface area contributed by atoms with Crippen molar-refractivity contribution >= 4 is 17.4 Å². The van der Waals surface area contributed by atoms with Gasteiger partial charge in [-0.1, -0.05) is 38.3 Å². The van der Waals surface area contributed by atoms with Crippen molar-refractivity contribution in [2.24, 2.45) is 11.8 Å². The highest BCUT2D eigenvalue weighted by Gasteiger charge is 2.27. The van der Waals surface area contributed by atoms with Gasteiger partial charge in [-0.15, -0.1) is 10.2 Å². The second-order valence-corrected chi connectivity index (χ2v) is 5.97. The molecule has 1 N–H and O–H groups in total. The number of hydrogen-bond donors (Lipinski definition) is 1. The second kappa shape index (κ2) is 5.43. The molecule has 0 radical (unpaired) electrons. The molecule has 0 saturated heterocycles. The van der Waals surface area contributed by atoms with Crippen LogP contribution in [0.3, 0.4) is 0 Å². The molecule has 0 spiro atoms. The Labute approximate surface area is 114 Å². The van der Waals surface area contributed by atoms with Crippen LogP contribution in [0, 0.1) is 25.7 Å². The van der Waals surface area contributed by atoms with Crippen LogP contribution in [0.1, 0.15) is 44.2 Å². The Morgan fingerprint density at radius 3 is 2.56 bits per heavy atom. The maximum absolute atomic E-state index is 5.98. The first-order valence-electron chi connectivity index (χ1n) is 6.76. The third-order valence-electron chi connectivity index (χ3n) is 4.49. The second-order valence-electron chi connectivity index (χ2n) is 5.61. The third kappa shape index (κ3) is 2.61. The van der Waals surface area contributed by atoms with Gasteiger partial charge in [0.25, 0.3) is 0 Å². The van der Waals surface area contributed by atoms with Gasteiger partial charge in [-0.3, -0.25) is 0 Å². The number of nitrogens with zero attached hydrogens (tertiary/aromatic N) is 2. The first kappa shape index (κ1) is 13.6. The summed E-state index contributed by atoms with van der Waals surface area (Å²) in [5.74, 6) is 2.34. The zero-order chi connectivity index (χ0) is 13.3. The van der Waals surface area contributed by atoms with Crippen molar-refractivity contribution < 1.29 is 0 Å². The normalized spacial score (nSPS) is 28.2. The maximum atomic E-state index is 5.98. The average molecular weight is 268 g/mol. The Morgan fingerprint density at radius 2 is 1.83 bits per heavy atom. The van der Waals surface area contributed by atoms with Crippen molar-refractivity contribution in [3.63, 3.8) is 0 Å². The Hall–Kier alpha value is -0.830. The lowest BCUT2D eigenvalue weighted by Crippen LogP contribution is -2.35. The van der Waals surface area contributed by atoms with E-state index in [-0.39, 0.29) is 0 Å². The predicted octanol–water partition coefficient (Wildman–Crippen LogP) is 3.98. The van der Waals surface area contributed by atoms with E-state index in [1.165, 1.54) is 19.3 Å². The molecule has 4 heteroatoms. The molecule has 18 heavy (non-hydrogen) atoms. The Bertz CT molecular complexity index is 433. The van der Waals surface area contributed by atoms with Crippen molar-refractivity contribution in [2.75, 3.05) is 5.32 Å². The standard InChI is InChI=1S/C14H22ClN3/c1-8-6-5-7-12(9(8)2)16-14-11(4)10(3)13(15)17-18-14/h8-9,12H,5-7H2,1-4H3,(H,16,18). The molecular formula is C14H22ClN3. The summed E-state index contributed by atoms with van der Waals surface area (Å²) >= 11 is 5.98. The minimum Gasteiger partial charge on any atom is -0.365 e. The average Bonchev–Trinajstić information content (AvgIpc) is 2.35. The molecule has 1 aliphatic rings. The van der Waals surface area contributed by atoms with Crippen LogP contribution in [-0.4, -0.2) is 16.2 Å². The molecule has 0 aliphatic heterocycles. The topological polar surface area (TPSA) is 37.8 Å². The smallest absolute Gasteiger partial charge is 0.155 e. The Kier molecular flexibility index (Phi) is 4.10. The summed E-state index contributed by atoms with van der Waals surface area (Å²) in [6, 6.07) is 0.502. The highest BCUT2D eigenvalue weighted by molar-refractivity contribution is 6.30. The zero-order valence-corrected chi connectivity index (χ0v) is 12.4. The summed E-state index contributed by atoms with van der Waals surface area (Å²) in [6.45, 7) is 8.71. The Morgan fingerprint density at radius 1 is 1.11 bits per heavy atom. The molecular weight excluding hydrogens is 246 g/mol. The summed E-state index contributed by atoms with van der Waals surface area (Å²) in [6.07, 6.45) is 3.85. The van der Waals surface area contributed by atoms with E-state index in [2.05, 4.69) is 36.3 Å². The molecule has 0 aromatic carbocycles. The van der Waals surface area contributed by atoms with Gasteiger partial charge in [0.15, 0.2) is 11.0 Å². The molecule has 1 heterocycles. The van der Waals surface area contributed by atoms with E-state index in [1.807, 2.05) is 6.92 Å². The summed E-state index contributed by atoms with van der Waals surface area (Å²) in [4.78, 5) is 0. The van der Waals surface area contributed by atoms with Crippen molar-refractivity contribution in [2.45, 2.75) is 53.0 Å². The first-order chi connectivity index (χ1) is 8.50. The minimum atomic E-state index is 0.502. The van der Waals surface area contributed by atoms with Gasteiger partial charge in [-0.25, -0.2) is 0 Å². The largest absolute Gasteiger partial charge is 0.365 e. The number of hydrogen-bond acceptors (Lipinski definition) is 3. The van der Waals surface area contributed by atoms with Gasteiger partial charge in [0.1, 0.15) is 0 Å². The highest BCUT2D eigenvalue weighted by atomic mass is 35.5. The van der Waals surface area contributed by atoms with Crippen LogP contribution in [0.4, 0.5) is 5.82 Å². The zero-order valence-electron chi connectivity index (χ0n) is 11.6. The van der Waals surface area contributed by atoms with Crippen molar-refractivity contribution in [3.05, 3.63) is 16.3 Å². The van der Waals surface area contributed by atoms with Gasteiger partial charge in [0.05, 0.1) is 0 Å². The number of halogens is 1. The molecule has 0 bridgehead atoms. The molecule has 1 aromatic rings. The van der Waals surface area contributed by atoms with E-state index in [1.54, 1.807) is 0 Å². The van der Waals surface area contributed by atoms with Gasteiger partial charge in [-0.2, -0.15) is 0 Å². The molecule has 0 amide bonds. The van der Waals surface area contributed by atoms with Crippen LogP contribution < -0.4 is 5.32 Å². The molecule has 100 valence electrons. The molecule has 3 atom stereocenters. The van der Waals surface area contributed by atoms with E-state index >= 15 is 0 Å². The first-order valence-corrected chi connectivity index (χ1v) is 7.14. The lowest BCUT2D eigenvalue weighted by Gasteiger charge is -2.35. The number of anilines is 1. The number of rotatable bonds is 2. The lowest BCUT2D eigenvalue weighted by molar-refractivity contribution is 0.252.